The summed E-state index contributed by atoms with van der Waals surface area (Å²) in [5.41, 5.74) is 5.90. The maximum Gasteiger partial charge on any atom is 0.224 e. The van der Waals surface area contributed by atoms with E-state index in [9.17, 15) is 4.79 Å². The van der Waals surface area contributed by atoms with Crippen molar-refractivity contribution in [2.45, 2.75) is 32.6 Å². The smallest absolute Gasteiger partial charge is 0.224 e. The van der Waals surface area contributed by atoms with E-state index in [1.807, 2.05) is 42.5 Å². The minimum Gasteiger partial charge on any atom is -0.326 e. The molecule has 2 heteroatoms. The molecular weight excluding hydrogens is 318 g/mol. The largest absolute Gasteiger partial charge is 0.326 e. The zero-order chi connectivity index (χ0) is 18.2. The molecule has 3 rings (SSSR count). The van der Waals surface area contributed by atoms with Gasteiger partial charge in [-0.2, -0.15) is 0 Å². The molecule has 0 bridgehead atoms. The molecule has 26 heavy (non-hydrogen) atoms. The van der Waals surface area contributed by atoms with E-state index in [4.69, 9.17) is 0 Å². The standard InChI is InChI=1S/C24H25NO/c1-19-9-5-6-10-20(19)11-7-8-14-24(26)25-23-17-15-22(16-18-23)21-12-3-2-4-13-21/h2-6,9-10,12-13,15-18H,7-8,11,14H2,1H3,(H,25,26). The van der Waals surface area contributed by atoms with Crippen LogP contribution < -0.4 is 5.32 Å². The fourth-order valence-electron chi connectivity index (χ4n) is 3.09. The van der Waals surface area contributed by atoms with Gasteiger partial charge in [0.05, 0.1) is 0 Å². The number of rotatable bonds is 7. The Labute approximate surface area is 155 Å². The fourth-order valence-corrected chi connectivity index (χ4v) is 3.09. The van der Waals surface area contributed by atoms with Crippen LogP contribution in [0.15, 0.2) is 78.9 Å². The lowest BCUT2D eigenvalue weighted by molar-refractivity contribution is -0.116. The number of hydrogen-bond donors (Lipinski definition) is 1. The topological polar surface area (TPSA) is 29.1 Å². The van der Waals surface area contributed by atoms with E-state index in [1.165, 1.54) is 16.7 Å². The Morgan fingerprint density at radius 3 is 2.15 bits per heavy atom. The highest BCUT2D eigenvalue weighted by atomic mass is 16.1. The molecule has 0 aliphatic carbocycles. The molecule has 1 N–H and O–H groups in total. The second-order valence-electron chi connectivity index (χ2n) is 6.63. The third kappa shape index (κ3) is 5.06. The highest BCUT2D eigenvalue weighted by molar-refractivity contribution is 5.90. The summed E-state index contributed by atoms with van der Waals surface area (Å²) in [5.74, 6) is 0.0854. The van der Waals surface area contributed by atoms with Crippen LogP contribution in [-0.2, 0) is 11.2 Å². The molecule has 0 saturated carbocycles. The zero-order valence-electron chi connectivity index (χ0n) is 15.2. The average molecular weight is 343 g/mol. The Bertz CT molecular complexity index is 838. The molecule has 3 aromatic carbocycles. The molecule has 0 radical (unpaired) electrons. The molecule has 0 spiro atoms. The maximum absolute atomic E-state index is 12.1. The predicted octanol–water partition coefficient (Wildman–Crippen LogP) is 6.01. The van der Waals surface area contributed by atoms with E-state index in [0.29, 0.717) is 6.42 Å². The third-order valence-electron chi connectivity index (χ3n) is 4.64. The summed E-state index contributed by atoms with van der Waals surface area (Å²) in [7, 11) is 0. The van der Waals surface area contributed by atoms with Crippen molar-refractivity contribution in [1.82, 2.24) is 0 Å². The van der Waals surface area contributed by atoms with Gasteiger partial charge in [0.1, 0.15) is 0 Å². The SMILES string of the molecule is Cc1ccccc1CCCCC(=O)Nc1ccc(-c2ccccc2)cc1. The van der Waals surface area contributed by atoms with Gasteiger partial charge in [0, 0.05) is 12.1 Å². The Hall–Kier alpha value is -2.87. The number of carbonyl (C=O) groups excluding carboxylic acids is 1. The highest BCUT2D eigenvalue weighted by Gasteiger charge is 2.04. The van der Waals surface area contributed by atoms with Crippen LogP contribution in [0, 0.1) is 6.92 Å². The number of benzene rings is 3. The molecule has 0 aliphatic rings. The predicted molar refractivity (Wildman–Crippen MR) is 109 cm³/mol. The Morgan fingerprint density at radius 2 is 1.42 bits per heavy atom. The fraction of sp³-hybridized carbons (Fsp3) is 0.208. The first kappa shape index (κ1) is 17.9. The van der Waals surface area contributed by atoms with Crippen LogP contribution in [0.25, 0.3) is 11.1 Å². The second kappa shape index (κ2) is 9.00. The molecular formula is C24H25NO. The first-order valence-corrected chi connectivity index (χ1v) is 9.22. The van der Waals surface area contributed by atoms with Gasteiger partial charge < -0.3 is 5.32 Å². The van der Waals surface area contributed by atoms with Crippen LogP contribution in [0.4, 0.5) is 5.69 Å². The zero-order valence-corrected chi connectivity index (χ0v) is 15.2. The molecule has 132 valence electrons. The van der Waals surface area contributed by atoms with Crippen molar-refractivity contribution in [3.8, 4) is 11.1 Å². The first-order valence-electron chi connectivity index (χ1n) is 9.22. The first-order chi connectivity index (χ1) is 12.7. The van der Waals surface area contributed by atoms with E-state index in [0.717, 1.165) is 30.5 Å². The molecule has 0 fully saturated rings. The minimum atomic E-state index is 0.0854. The lowest BCUT2D eigenvalue weighted by atomic mass is 10.0. The highest BCUT2D eigenvalue weighted by Crippen LogP contribution is 2.21. The summed E-state index contributed by atoms with van der Waals surface area (Å²) in [6.45, 7) is 2.14. The minimum absolute atomic E-state index is 0.0854. The van der Waals surface area contributed by atoms with Gasteiger partial charge in [-0.1, -0.05) is 66.7 Å². The summed E-state index contributed by atoms with van der Waals surface area (Å²) < 4.78 is 0. The molecule has 0 heterocycles. The lowest BCUT2D eigenvalue weighted by Gasteiger charge is -2.08. The number of amides is 1. The van der Waals surface area contributed by atoms with Gasteiger partial charge in [-0.05, 0) is 60.6 Å². The van der Waals surface area contributed by atoms with Crippen LogP contribution in [0.3, 0.4) is 0 Å². The molecule has 0 aromatic heterocycles. The molecule has 0 saturated heterocycles. The van der Waals surface area contributed by atoms with Crippen molar-refractivity contribution in [2.24, 2.45) is 0 Å². The number of carbonyl (C=O) groups is 1. The maximum atomic E-state index is 12.1. The summed E-state index contributed by atoms with van der Waals surface area (Å²) in [5, 5.41) is 2.99. The summed E-state index contributed by atoms with van der Waals surface area (Å²) >= 11 is 0. The Kier molecular flexibility index (Phi) is 6.21. The van der Waals surface area contributed by atoms with Gasteiger partial charge in [-0.15, -0.1) is 0 Å². The lowest BCUT2D eigenvalue weighted by Crippen LogP contribution is -2.11. The van der Waals surface area contributed by atoms with Gasteiger partial charge >= 0.3 is 0 Å². The third-order valence-corrected chi connectivity index (χ3v) is 4.64. The van der Waals surface area contributed by atoms with Crippen molar-refractivity contribution in [3.05, 3.63) is 90.0 Å². The van der Waals surface area contributed by atoms with E-state index in [1.54, 1.807) is 0 Å². The van der Waals surface area contributed by atoms with Crippen LogP contribution in [-0.4, -0.2) is 5.91 Å². The van der Waals surface area contributed by atoms with Gasteiger partial charge in [0.15, 0.2) is 0 Å². The van der Waals surface area contributed by atoms with Crippen molar-refractivity contribution >= 4 is 11.6 Å². The Balaban J connectivity index is 1.44. The van der Waals surface area contributed by atoms with Crippen molar-refractivity contribution in [2.75, 3.05) is 5.32 Å². The number of unbranched alkanes of at least 4 members (excludes halogenated alkanes) is 1. The van der Waals surface area contributed by atoms with Crippen LogP contribution in [0.2, 0.25) is 0 Å². The molecule has 2 nitrogen and oxygen atoms in total. The molecule has 0 unspecified atom stereocenters. The quantitative estimate of drug-likeness (QED) is 0.523. The normalized spacial score (nSPS) is 10.5. The van der Waals surface area contributed by atoms with Gasteiger partial charge in [0.2, 0.25) is 5.91 Å². The van der Waals surface area contributed by atoms with E-state index >= 15 is 0 Å². The van der Waals surface area contributed by atoms with Gasteiger partial charge in [0.25, 0.3) is 0 Å². The van der Waals surface area contributed by atoms with Crippen LogP contribution in [0.5, 0.6) is 0 Å². The monoisotopic (exact) mass is 343 g/mol. The van der Waals surface area contributed by atoms with Gasteiger partial charge in [-0.25, -0.2) is 0 Å². The van der Waals surface area contributed by atoms with E-state index < -0.39 is 0 Å². The molecule has 3 aromatic rings. The summed E-state index contributed by atoms with van der Waals surface area (Å²) in [6.07, 6.45) is 3.53. The van der Waals surface area contributed by atoms with Crippen molar-refractivity contribution in [3.63, 3.8) is 0 Å². The Morgan fingerprint density at radius 1 is 0.769 bits per heavy atom. The molecule has 0 aliphatic heterocycles. The molecule has 0 atom stereocenters. The van der Waals surface area contributed by atoms with Gasteiger partial charge in [-0.3, -0.25) is 4.79 Å². The molecule has 1 amide bonds. The number of anilines is 1. The average Bonchev–Trinajstić information content (AvgIpc) is 2.68. The summed E-state index contributed by atoms with van der Waals surface area (Å²) in [6, 6.07) is 26.7. The number of aryl methyl sites for hydroxylation is 2. The summed E-state index contributed by atoms with van der Waals surface area (Å²) in [4.78, 5) is 12.1. The second-order valence-corrected chi connectivity index (χ2v) is 6.63. The van der Waals surface area contributed by atoms with Crippen molar-refractivity contribution in [1.29, 1.82) is 0 Å². The number of hydrogen-bond acceptors (Lipinski definition) is 1. The number of nitrogens with one attached hydrogen (secondary N) is 1. The van der Waals surface area contributed by atoms with Crippen molar-refractivity contribution < 1.29 is 4.79 Å². The van der Waals surface area contributed by atoms with E-state index in [-0.39, 0.29) is 5.91 Å². The van der Waals surface area contributed by atoms with Crippen LogP contribution in [0.1, 0.15) is 30.4 Å². The van der Waals surface area contributed by atoms with Crippen LogP contribution >= 0.6 is 0 Å². The van der Waals surface area contributed by atoms with E-state index in [2.05, 4.69) is 48.6 Å².